The second-order valence-electron chi connectivity index (χ2n) is 7.87. The second kappa shape index (κ2) is 13.7. The van der Waals surface area contributed by atoms with Crippen molar-refractivity contribution in [2.45, 2.75) is 62.1 Å². The van der Waals surface area contributed by atoms with Gasteiger partial charge in [-0.2, -0.15) is 0 Å². The molecule has 0 heterocycles. The average molecular weight is 443 g/mol. The average Bonchev–Trinajstić information content (AvgIpc) is 2.57. The van der Waals surface area contributed by atoms with Crippen LogP contribution in [0.15, 0.2) is 0 Å². The highest BCUT2D eigenvalue weighted by Gasteiger charge is 2.39. The highest BCUT2D eigenvalue weighted by Crippen LogP contribution is 2.39. The Morgan fingerprint density at radius 1 is 0.538 bits per heavy atom. The van der Waals surface area contributed by atoms with E-state index in [0.29, 0.717) is 16.6 Å². The molecule has 0 aromatic rings. The van der Waals surface area contributed by atoms with Crippen LogP contribution < -0.4 is 0 Å². The summed E-state index contributed by atoms with van der Waals surface area (Å²) in [6, 6.07) is 3.59. The summed E-state index contributed by atoms with van der Waals surface area (Å²) < 4.78 is 33.9. The van der Waals surface area contributed by atoms with Crippen molar-refractivity contribution < 1.29 is 26.6 Å². The van der Waals surface area contributed by atoms with Gasteiger partial charge in [-0.05, 0) is 16.6 Å². The monoisotopic (exact) mass is 442 g/mol. The van der Waals surface area contributed by atoms with Gasteiger partial charge in [-0.3, -0.25) is 0 Å². The highest BCUT2D eigenvalue weighted by atomic mass is 28.3. The van der Waals surface area contributed by atoms with Crippen LogP contribution in [-0.4, -0.2) is 78.6 Å². The summed E-state index contributed by atoms with van der Waals surface area (Å²) in [7, 11) is 4.19. The second-order valence-corrected chi connectivity index (χ2v) is 21.2. The zero-order chi connectivity index (χ0) is 20.3. The van der Waals surface area contributed by atoms with Crippen LogP contribution in [0.2, 0.25) is 41.3 Å². The minimum atomic E-state index is -1.62. The molecule has 0 aliphatic carbocycles. The molecule has 0 radical (unpaired) electrons. The van der Waals surface area contributed by atoms with Crippen LogP contribution in [-0.2, 0) is 26.6 Å². The van der Waals surface area contributed by atoms with Crippen molar-refractivity contribution in [2.24, 2.45) is 0 Å². The molecule has 3 atom stereocenters. The number of hydrogen-bond donors (Lipinski definition) is 0. The molecule has 0 amide bonds. The Kier molecular flexibility index (Phi) is 14.1. The first-order valence-corrected chi connectivity index (χ1v) is 17.3. The molecule has 0 rings (SSSR count). The van der Waals surface area contributed by atoms with E-state index in [-0.39, 0.29) is 0 Å². The summed E-state index contributed by atoms with van der Waals surface area (Å²) in [6.45, 7) is 9.37. The molecule has 158 valence electrons. The molecular formula is C16H42O6Si4. The van der Waals surface area contributed by atoms with Crippen LogP contribution in [0.1, 0.15) is 20.8 Å². The third-order valence-electron chi connectivity index (χ3n) is 5.23. The summed E-state index contributed by atoms with van der Waals surface area (Å²) in [5.74, 6) is 0. The van der Waals surface area contributed by atoms with E-state index >= 15 is 0 Å². The van der Waals surface area contributed by atoms with Crippen LogP contribution in [0, 0.1) is 0 Å². The first-order chi connectivity index (χ1) is 12.2. The van der Waals surface area contributed by atoms with E-state index < -0.39 is 35.9 Å². The van der Waals surface area contributed by atoms with Crippen molar-refractivity contribution in [1.82, 2.24) is 0 Å². The molecule has 0 spiro atoms. The van der Waals surface area contributed by atoms with E-state index in [0.717, 1.165) is 0 Å². The Morgan fingerprint density at radius 2 is 0.731 bits per heavy atom. The van der Waals surface area contributed by atoms with Gasteiger partial charge in [-0.1, -0.05) is 45.5 Å². The summed E-state index contributed by atoms with van der Waals surface area (Å²) in [5, 5.41) is 0. The first kappa shape index (κ1) is 26.6. The molecule has 6 nitrogen and oxygen atoms in total. The smallest absolute Gasteiger partial charge is 0.323 e. The molecule has 0 aliphatic heterocycles. The molecule has 0 bridgehead atoms. The van der Waals surface area contributed by atoms with Gasteiger partial charge in [0.2, 0.25) is 0 Å². The Labute approximate surface area is 167 Å². The third kappa shape index (κ3) is 8.76. The van der Waals surface area contributed by atoms with Crippen molar-refractivity contribution in [3.8, 4) is 0 Å². The van der Waals surface area contributed by atoms with E-state index in [4.69, 9.17) is 26.6 Å². The minimum absolute atomic E-state index is 0.483. The van der Waals surface area contributed by atoms with Gasteiger partial charge in [0.25, 0.3) is 0 Å². The Morgan fingerprint density at radius 3 is 0.885 bits per heavy atom. The maximum atomic E-state index is 5.65. The van der Waals surface area contributed by atoms with E-state index in [1.54, 1.807) is 42.7 Å². The van der Waals surface area contributed by atoms with Gasteiger partial charge in [-0.15, -0.1) is 0 Å². The molecule has 0 N–H and O–H groups in total. The van der Waals surface area contributed by atoms with Gasteiger partial charge in [0, 0.05) is 42.7 Å². The van der Waals surface area contributed by atoms with Crippen LogP contribution in [0.25, 0.3) is 0 Å². The summed E-state index contributed by atoms with van der Waals surface area (Å²) >= 11 is 0. The lowest BCUT2D eigenvalue weighted by atomic mass is 10.5. The fourth-order valence-corrected chi connectivity index (χ4v) is 20.5. The normalized spacial score (nSPS) is 18.3. The van der Waals surface area contributed by atoms with Crippen molar-refractivity contribution in [3.63, 3.8) is 0 Å². The fraction of sp³-hybridized carbons (Fsp3) is 1.00. The lowest BCUT2D eigenvalue weighted by Gasteiger charge is -2.37. The third-order valence-corrected chi connectivity index (χ3v) is 17.8. The van der Waals surface area contributed by atoms with Gasteiger partial charge in [0.1, 0.15) is 0 Å². The summed E-state index contributed by atoms with van der Waals surface area (Å²) in [6.07, 6.45) is 0. The van der Waals surface area contributed by atoms with Gasteiger partial charge in [0.05, 0.1) is 8.07 Å². The van der Waals surface area contributed by atoms with E-state index in [9.17, 15) is 0 Å². The van der Waals surface area contributed by atoms with Crippen LogP contribution in [0.4, 0.5) is 0 Å². The number of hydrogen-bond acceptors (Lipinski definition) is 6. The maximum absolute atomic E-state index is 5.65. The quantitative estimate of drug-likeness (QED) is 0.364. The lowest BCUT2D eigenvalue weighted by Crippen LogP contribution is -2.41. The largest absolute Gasteiger partial charge is 0.400 e. The summed E-state index contributed by atoms with van der Waals surface area (Å²) in [5.41, 5.74) is 1.45. The maximum Gasteiger partial charge on any atom is 0.323 e. The van der Waals surface area contributed by atoms with E-state index in [1.807, 2.05) is 0 Å². The van der Waals surface area contributed by atoms with Crippen LogP contribution in [0.3, 0.4) is 0 Å². The van der Waals surface area contributed by atoms with E-state index in [2.05, 4.69) is 27.3 Å². The Balaban J connectivity index is 5.35. The predicted molar refractivity (Wildman–Crippen MR) is 118 cm³/mol. The Bertz CT molecular complexity index is 303. The molecule has 26 heavy (non-hydrogen) atoms. The highest BCUT2D eigenvalue weighted by molar-refractivity contribution is 6.81. The predicted octanol–water partition coefficient (Wildman–Crippen LogP) is 2.78. The standard InChI is InChI=1S/C16H42O6Si4/c1-14(23(17-4)18-5)11-26(10,12-15(2)24(19-6)20-7)13-16(3)25(21-8)22-9/h14-16,23-25H,11-13H2,1-10H3. The van der Waals surface area contributed by atoms with Crippen molar-refractivity contribution in [3.05, 3.63) is 0 Å². The SMILES string of the molecule is CO[SiH](OC)C(C)C[Si](C)(CC(C)[SiH](OC)OC)CC(C)[SiH](OC)OC. The number of rotatable bonds is 15. The molecule has 0 aromatic carbocycles. The van der Waals surface area contributed by atoms with Crippen molar-refractivity contribution >= 4 is 35.9 Å². The van der Waals surface area contributed by atoms with Gasteiger partial charge < -0.3 is 26.6 Å². The van der Waals surface area contributed by atoms with Crippen LogP contribution in [0.5, 0.6) is 0 Å². The molecule has 10 heteroatoms. The van der Waals surface area contributed by atoms with E-state index in [1.165, 1.54) is 18.1 Å². The molecular weight excluding hydrogens is 401 g/mol. The molecule has 0 fully saturated rings. The zero-order valence-corrected chi connectivity index (χ0v) is 23.0. The molecule has 0 saturated heterocycles. The molecule has 0 aromatic heterocycles. The topological polar surface area (TPSA) is 55.4 Å². The van der Waals surface area contributed by atoms with Crippen molar-refractivity contribution in [1.29, 1.82) is 0 Å². The molecule has 0 aliphatic rings. The van der Waals surface area contributed by atoms with Gasteiger partial charge in [0.15, 0.2) is 0 Å². The molecule has 3 unspecified atom stereocenters. The fourth-order valence-electron chi connectivity index (χ4n) is 4.55. The van der Waals surface area contributed by atoms with Crippen LogP contribution >= 0.6 is 0 Å². The first-order valence-electron chi connectivity index (χ1n) is 9.38. The lowest BCUT2D eigenvalue weighted by molar-refractivity contribution is 0.267. The summed E-state index contributed by atoms with van der Waals surface area (Å²) in [4.78, 5) is 0. The van der Waals surface area contributed by atoms with Gasteiger partial charge >= 0.3 is 27.9 Å². The Hall–Kier alpha value is 0.628. The van der Waals surface area contributed by atoms with Crippen molar-refractivity contribution in [2.75, 3.05) is 42.7 Å². The minimum Gasteiger partial charge on any atom is -0.400 e. The zero-order valence-electron chi connectivity index (χ0n) is 18.5. The van der Waals surface area contributed by atoms with Gasteiger partial charge in [-0.25, -0.2) is 0 Å². The molecule has 0 saturated carbocycles.